The predicted octanol–water partition coefficient (Wildman–Crippen LogP) is 1.35. The van der Waals surface area contributed by atoms with Crippen molar-refractivity contribution < 1.29 is 4.79 Å². The summed E-state index contributed by atoms with van der Waals surface area (Å²) in [7, 11) is 0. The highest BCUT2D eigenvalue weighted by Crippen LogP contribution is 2.29. The van der Waals surface area contributed by atoms with Gasteiger partial charge < -0.3 is 16.0 Å². The van der Waals surface area contributed by atoms with Gasteiger partial charge in [0.05, 0.1) is 5.54 Å². The molecular formula is C14H29N3O. The van der Waals surface area contributed by atoms with E-state index in [9.17, 15) is 4.79 Å². The van der Waals surface area contributed by atoms with Crippen molar-refractivity contribution in [1.29, 1.82) is 0 Å². The van der Waals surface area contributed by atoms with Crippen LogP contribution in [0.2, 0.25) is 0 Å². The minimum Gasteiger partial charge on any atom is -0.368 e. The van der Waals surface area contributed by atoms with Gasteiger partial charge >= 0.3 is 0 Å². The fourth-order valence-corrected chi connectivity index (χ4v) is 2.39. The van der Waals surface area contributed by atoms with Gasteiger partial charge in [-0.25, -0.2) is 0 Å². The Balaban J connectivity index is 2.29. The third kappa shape index (κ3) is 4.94. The number of nitrogens with two attached hydrogens (primary N) is 1. The summed E-state index contributed by atoms with van der Waals surface area (Å²) >= 11 is 0. The molecule has 1 saturated carbocycles. The van der Waals surface area contributed by atoms with Crippen molar-refractivity contribution in [2.75, 3.05) is 26.2 Å². The predicted molar refractivity (Wildman–Crippen MR) is 75.3 cm³/mol. The molecule has 0 bridgehead atoms. The van der Waals surface area contributed by atoms with E-state index in [-0.39, 0.29) is 5.91 Å². The van der Waals surface area contributed by atoms with Crippen LogP contribution in [0.1, 0.15) is 46.5 Å². The second kappa shape index (κ2) is 7.10. The Morgan fingerprint density at radius 3 is 2.56 bits per heavy atom. The van der Waals surface area contributed by atoms with Gasteiger partial charge in [-0.15, -0.1) is 0 Å². The highest BCUT2D eigenvalue weighted by atomic mass is 16.1. The van der Waals surface area contributed by atoms with Gasteiger partial charge in [0, 0.05) is 6.54 Å². The standard InChI is InChI=1S/C14H29N3O/c1-4-16-14(3,13(15)18)9-6-10-17(5-2)11-12-7-8-12/h12,16H,4-11H2,1-3H3,(H2,15,18). The minimum absolute atomic E-state index is 0.241. The van der Waals surface area contributed by atoms with Crippen molar-refractivity contribution in [3.8, 4) is 0 Å². The first kappa shape index (κ1) is 15.4. The number of carbonyl (C=O) groups is 1. The number of primary amides is 1. The highest BCUT2D eigenvalue weighted by Gasteiger charge is 2.29. The average Bonchev–Trinajstić information content (AvgIpc) is 3.11. The Bertz CT molecular complexity index is 266. The molecule has 1 aliphatic carbocycles. The molecule has 18 heavy (non-hydrogen) atoms. The summed E-state index contributed by atoms with van der Waals surface area (Å²) in [5.74, 6) is 0.691. The van der Waals surface area contributed by atoms with Gasteiger partial charge in [-0.05, 0) is 58.2 Å². The molecule has 4 heteroatoms. The molecule has 0 saturated heterocycles. The van der Waals surface area contributed by atoms with Gasteiger partial charge in [0.25, 0.3) is 0 Å². The Kier molecular flexibility index (Phi) is 6.09. The lowest BCUT2D eigenvalue weighted by Crippen LogP contribution is -2.53. The molecular weight excluding hydrogens is 226 g/mol. The van der Waals surface area contributed by atoms with Crippen LogP contribution in [0.25, 0.3) is 0 Å². The topological polar surface area (TPSA) is 58.4 Å². The van der Waals surface area contributed by atoms with E-state index in [1.165, 1.54) is 19.4 Å². The van der Waals surface area contributed by atoms with Crippen LogP contribution < -0.4 is 11.1 Å². The van der Waals surface area contributed by atoms with E-state index in [0.29, 0.717) is 0 Å². The maximum absolute atomic E-state index is 11.5. The lowest BCUT2D eigenvalue weighted by atomic mass is 9.94. The Morgan fingerprint density at radius 1 is 1.44 bits per heavy atom. The molecule has 1 atom stereocenters. The van der Waals surface area contributed by atoms with Crippen molar-refractivity contribution >= 4 is 5.91 Å². The van der Waals surface area contributed by atoms with E-state index >= 15 is 0 Å². The molecule has 1 amide bonds. The summed E-state index contributed by atoms with van der Waals surface area (Å²) in [6, 6.07) is 0. The van der Waals surface area contributed by atoms with E-state index in [2.05, 4.69) is 17.1 Å². The SMILES string of the molecule is CCNC(C)(CCCN(CC)CC1CC1)C(N)=O. The van der Waals surface area contributed by atoms with Gasteiger partial charge in [-0.3, -0.25) is 4.79 Å². The molecule has 0 spiro atoms. The van der Waals surface area contributed by atoms with Crippen LogP contribution >= 0.6 is 0 Å². The van der Waals surface area contributed by atoms with Gasteiger partial charge in [0.15, 0.2) is 0 Å². The first-order chi connectivity index (χ1) is 8.51. The van der Waals surface area contributed by atoms with Crippen LogP contribution in [-0.2, 0) is 4.79 Å². The number of nitrogens with one attached hydrogen (secondary N) is 1. The second-order valence-electron chi connectivity index (χ2n) is 5.67. The van der Waals surface area contributed by atoms with Gasteiger partial charge in [-0.2, -0.15) is 0 Å². The van der Waals surface area contributed by atoms with E-state index in [4.69, 9.17) is 5.73 Å². The van der Waals surface area contributed by atoms with Crippen LogP contribution in [0.3, 0.4) is 0 Å². The van der Waals surface area contributed by atoms with Gasteiger partial charge in [0.2, 0.25) is 5.91 Å². The molecule has 0 heterocycles. The van der Waals surface area contributed by atoms with Gasteiger partial charge in [-0.1, -0.05) is 13.8 Å². The van der Waals surface area contributed by atoms with Crippen molar-refractivity contribution in [2.45, 2.75) is 52.0 Å². The van der Waals surface area contributed by atoms with Crippen LogP contribution in [0.5, 0.6) is 0 Å². The first-order valence-electron chi connectivity index (χ1n) is 7.29. The quantitative estimate of drug-likeness (QED) is 0.619. The number of carbonyl (C=O) groups excluding carboxylic acids is 1. The summed E-state index contributed by atoms with van der Waals surface area (Å²) in [4.78, 5) is 14.0. The fraction of sp³-hybridized carbons (Fsp3) is 0.929. The molecule has 106 valence electrons. The van der Waals surface area contributed by atoms with Crippen molar-refractivity contribution in [3.05, 3.63) is 0 Å². The molecule has 0 aliphatic heterocycles. The third-order valence-corrected chi connectivity index (χ3v) is 3.92. The molecule has 3 N–H and O–H groups in total. The zero-order valence-electron chi connectivity index (χ0n) is 12.2. The highest BCUT2D eigenvalue weighted by molar-refractivity contribution is 5.84. The minimum atomic E-state index is -0.548. The molecule has 1 rings (SSSR count). The Hall–Kier alpha value is -0.610. The Morgan fingerprint density at radius 2 is 2.11 bits per heavy atom. The van der Waals surface area contributed by atoms with Crippen LogP contribution in [0.15, 0.2) is 0 Å². The Labute approximate surface area is 111 Å². The molecule has 1 fully saturated rings. The molecule has 1 aliphatic rings. The van der Waals surface area contributed by atoms with Crippen LogP contribution in [0, 0.1) is 5.92 Å². The lowest BCUT2D eigenvalue weighted by Gasteiger charge is -2.28. The van der Waals surface area contributed by atoms with E-state index < -0.39 is 5.54 Å². The molecule has 1 unspecified atom stereocenters. The summed E-state index contributed by atoms with van der Waals surface area (Å²) in [6.45, 7) is 10.3. The van der Waals surface area contributed by atoms with E-state index in [1.54, 1.807) is 0 Å². The molecule has 0 aromatic carbocycles. The average molecular weight is 255 g/mol. The second-order valence-corrected chi connectivity index (χ2v) is 5.67. The van der Waals surface area contributed by atoms with E-state index in [1.807, 2.05) is 13.8 Å². The van der Waals surface area contributed by atoms with E-state index in [0.717, 1.165) is 38.4 Å². The summed E-state index contributed by atoms with van der Waals surface area (Å²) in [6.07, 6.45) is 4.63. The number of hydrogen-bond acceptors (Lipinski definition) is 3. The largest absolute Gasteiger partial charge is 0.368 e. The molecule has 0 aromatic rings. The van der Waals surface area contributed by atoms with Crippen LogP contribution in [0.4, 0.5) is 0 Å². The number of nitrogens with zero attached hydrogens (tertiary/aromatic N) is 1. The number of rotatable bonds is 10. The monoisotopic (exact) mass is 255 g/mol. The van der Waals surface area contributed by atoms with Crippen LogP contribution in [-0.4, -0.2) is 42.5 Å². The number of amides is 1. The molecule has 4 nitrogen and oxygen atoms in total. The summed E-state index contributed by atoms with van der Waals surface area (Å²) in [5, 5.41) is 3.21. The molecule has 0 radical (unpaired) electrons. The zero-order valence-corrected chi connectivity index (χ0v) is 12.2. The number of hydrogen-bond donors (Lipinski definition) is 2. The summed E-state index contributed by atoms with van der Waals surface area (Å²) < 4.78 is 0. The summed E-state index contributed by atoms with van der Waals surface area (Å²) in [5.41, 5.74) is 4.93. The maximum Gasteiger partial charge on any atom is 0.237 e. The molecule has 0 aromatic heterocycles. The van der Waals surface area contributed by atoms with Crippen molar-refractivity contribution in [3.63, 3.8) is 0 Å². The number of likely N-dealkylation sites (N-methyl/N-ethyl adjacent to an activating group) is 1. The lowest BCUT2D eigenvalue weighted by molar-refractivity contribution is -0.124. The zero-order chi connectivity index (χ0) is 13.6. The van der Waals surface area contributed by atoms with Crippen molar-refractivity contribution in [2.24, 2.45) is 11.7 Å². The van der Waals surface area contributed by atoms with Gasteiger partial charge in [0.1, 0.15) is 0 Å². The smallest absolute Gasteiger partial charge is 0.237 e. The van der Waals surface area contributed by atoms with Crippen molar-refractivity contribution in [1.82, 2.24) is 10.2 Å². The first-order valence-corrected chi connectivity index (χ1v) is 7.29. The fourth-order valence-electron chi connectivity index (χ4n) is 2.39. The normalized spacial score (nSPS) is 18.9. The third-order valence-electron chi connectivity index (χ3n) is 3.92. The maximum atomic E-state index is 11.5.